The van der Waals surface area contributed by atoms with E-state index in [1.165, 1.54) is 22.9 Å². The third-order valence-corrected chi connectivity index (χ3v) is 5.45. The Balaban J connectivity index is 1.93. The van der Waals surface area contributed by atoms with Crippen molar-refractivity contribution >= 4 is 27.8 Å². The lowest BCUT2D eigenvalue weighted by Gasteiger charge is -1.97. The summed E-state index contributed by atoms with van der Waals surface area (Å²) in [5.41, 5.74) is 3.81. The second-order valence-electron chi connectivity index (χ2n) is 4.98. The summed E-state index contributed by atoms with van der Waals surface area (Å²) in [6, 6.07) is 0. The van der Waals surface area contributed by atoms with Crippen LogP contribution in [0, 0.1) is 20.8 Å². The van der Waals surface area contributed by atoms with E-state index in [9.17, 15) is 0 Å². The summed E-state index contributed by atoms with van der Waals surface area (Å²) in [7, 11) is 1.92. The first-order valence-corrected chi connectivity index (χ1v) is 8.17. The van der Waals surface area contributed by atoms with Gasteiger partial charge in [-0.3, -0.25) is 4.68 Å². The average Bonchev–Trinajstić information content (AvgIpc) is 3.18. The van der Waals surface area contributed by atoms with Crippen LogP contribution in [0.2, 0.25) is 0 Å². The molecule has 4 aromatic heterocycles. The number of nitrogens with zero attached hydrogens (tertiary/aromatic N) is 8. The topological polar surface area (TPSA) is 86.7 Å². The van der Waals surface area contributed by atoms with Crippen molar-refractivity contribution in [3.8, 4) is 21.3 Å². The summed E-state index contributed by atoms with van der Waals surface area (Å²) in [5.74, 6) is 0.718. The van der Waals surface area contributed by atoms with E-state index in [1.54, 1.807) is 4.52 Å². The molecular weight excluding hydrogens is 320 g/mol. The van der Waals surface area contributed by atoms with Gasteiger partial charge in [0.25, 0.3) is 0 Å². The highest BCUT2D eigenvalue weighted by Gasteiger charge is 2.21. The lowest BCUT2D eigenvalue weighted by molar-refractivity contribution is 0.731. The SMILES string of the molecule is Cc1nnsc1-c1nn2c(-c3c(C)nn(C)c3C)nnc2s1. The van der Waals surface area contributed by atoms with Crippen LogP contribution in [-0.4, -0.2) is 39.2 Å². The van der Waals surface area contributed by atoms with Crippen molar-refractivity contribution in [3.05, 3.63) is 17.1 Å². The average molecular weight is 332 g/mol. The second kappa shape index (κ2) is 4.65. The van der Waals surface area contributed by atoms with E-state index in [1.807, 2.05) is 32.5 Å². The summed E-state index contributed by atoms with van der Waals surface area (Å²) >= 11 is 2.83. The number of aryl methyl sites for hydroxylation is 3. The molecule has 0 atom stereocenters. The largest absolute Gasteiger partial charge is 0.272 e. The van der Waals surface area contributed by atoms with Crippen LogP contribution in [0.25, 0.3) is 26.2 Å². The first-order valence-electron chi connectivity index (χ1n) is 6.58. The zero-order valence-electron chi connectivity index (χ0n) is 12.4. The summed E-state index contributed by atoms with van der Waals surface area (Å²) in [6.45, 7) is 5.91. The third-order valence-electron chi connectivity index (χ3n) is 3.57. The monoisotopic (exact) mass is 332 g/mol. The fourth-order valence-electron chi connectivity index (χ4n) is 2.39. The highest BCUT2D eigenvalue weighted by Crippen LogP contribution is 2.32. The van der Waals surface area contributed by atoms with Gasteiger partial charge in [0, 0.05) is 12.7 Å². The molecule has 22 heavy (non-hydrogen) atoms. The van der Waals surface area contributed by atoms with Crippen molar-refractivity contribution in [2.75, 3.05) is 0 Å². The Bertz CT molecular complexity index is 988. The maximum atomic E-state index is 4.65. The molecule has 112 valence electrons. The number of aromatic nitrogens is 8. The fourth-order valence-corrected chi connectivity index (χ4v) is 3.99. The van der Waals surface area contributed by atoms with Crippen LogP contribution < -0.4 is 0 Å². The molecule has 0 aliphatic carbocycles. The molecule has 0 fully saturated rings. The highest BCUT2D eigenvalue weighted by atomic mass is 32.1. The van der Waals surface area contributed by atoms with Crippen LogP contribution in [0.3, 0.4) is 0 Å². The summed E-state index contributed by atoms with van der Waals surface area (Å²) in [4.78, 5) is 1.72. The number of rotatable bonds is 2. The predicted molar refractivity (Wildman–Crippen MR) is 84.0 cm³/mol. The maximum absolute atomic E-state index is 4.65. The smallest absolute Gasteiger partial charge is 0.235 e. The molecule has 4 aromatic rings. The molecule has 0 bridgehead atoms. The number of hydrogen-bond donors (Lipinski definition) is 0. The molecule has 0 N–H and O–H groups in total. The van der Waals surface area contributed by atoms with Crippen molar-refractivity contribution in [2.45, 2.75) is 20.8 Å². The van der Waals surface area contributed by atoms with Gasteiger partial charge in [0.05, 0.1) is 17.0 Å². The van der Waals surface area contributed by atoms with Gasteiger partial charge in [0.15, 0.2) is 10.8 Å². The Kier molecular flexibility index (Phi) is 2.84. The van der Waals surface area contributed by atoms with E-state index >= 15 is 0 Å². The van der Waals surface area contributed by atoms with Crippen LogP contribution >= 0.6 is 22.9 Å². The molecule has 0 spiro atoms. The molecule has 0 aliphatic rings. The van der Waals surface area contributed by atoms with Crippen molar-refractivity contribution in [1.29, 1.82) is 0 Å². The van der Waals surface area contributed by atoms with Gasteiger partial charge in [-0.1, -0.05) is 15.8 Å². The first-order chi connectivity index (χ1) is 10.6. The van der Waals surface area contributed by atoms with Crippen molar-refractivity contribution in [2.24, 2.45) is 7.05 Å². The lowest BCUT2D eigenvalue weighted by Crippen LogP contribution is -1.95. The van der Waals surface area contributed by atoms with Crippen molar-refractivity contribution in [1.82, 2.24) is 39.2 Å². The minimum absolute atomic E-state index is 0.718. The van der Waals surface area contributed by atoms with E-state index in [4.69, 9.17) is 0 Å². The van der Waals surface area contributed by atoms with Gasteiger partial charge in [0.2, 0.25) is 4.96 Å². The van der Waals surface area contributed by atoms with E-state index in [0.29, 0.717) is 0 Å². The maximum Gasteiger partial charge on any atom is 0.235 e. The molecule has 8 nitrogen and oxygen atoms in total. The van der Waals surface area contributed by atoms with E-state index in [0.717, 1.165) is 43.3 Å². The zero-order chi connectivity index (χ0) is 15.4. The Morgan fingerprint density at radius 1 is 0.955 bits per heavy atom. The minimum atomic E-state index is 0.718. The zero-order valence-corrected chi connectivity index (χ0v) is 14.0. The highest BCUT2D eigenvalue weighted by molar-refractivity contribution is 7.23. The Morgan fingerprint density at radius 3 is 2.41 bits per heavy atom. The van der Waals surface area contributed by atoms with E-state index in [-0.39, 0.29) is 0 Å². The van der Waals surface area contributed by atoms with Gasteiger partial charge < -0.3 is 0 Å². The molecule has 0 unspecified atom stereocenters. The second-order valence-corrected chi connectivity index (χ2v) is 6.69. The standard InChI is InChI=1S/C12H12N8S2/c1-5-8(7(3)19(4)16-5)10-14-15-12-20(10)17-11(21-12)9-6(2)13-18-22-9/h1-4H3. The predicted octanol–water partition coefficient (Wildman–Crippen LogP) is 2.03. The Labute approximate surface area is 133 Å². The minimum Gasteiger partial charge on any atom is -0.272 e. The van der Waals surface area contributed by atoms with Gasteiger partial charge in [-0.05, 0) is 32.3 Å². The normalized spacial score (nSPS) is 11.6. The number of hydrogen-bond acceptors (Lipinski definition) is 8. The molecule has 4 heterocycles. The molecule has 0 aliphatic heterocycles. The quantitative estimate of drug-likeness (QED) is 0.558. The van der Waals surface area contributed by atoms with E-state index in [2.05, 4.69) is 30.0 Å². The molecule has 0 radical (unpaired) electrons. The molecule has 0 aromatic carbocycles. The molecule has 0 saturated carbocycles. The first kappa shape index (κ1) is 13.5. The van der Waals surface area contributed by atoms with Gasteiger partial charge in [0.1, 0.15) is 4.88 Å². The van der Waals surface area contributed by atoms with Gasteiger partial charge in [-0.2, -0.15) is 14.7 Å². The van der Waals surface area contributed by atoms with Crippen LogP contribution in [0.4, 0.5) is 0 Å². The molecule has 4 rings (SSSR count). The molecule has 0 saturated heterocycles. The summed E-state index contributed by atoms with van der Waals surface area (Å²) in [5, 5.41) is 22.5. The van der Waals surface area contributed by atoms with E-state index < -0.39 is 0 Å². The fraction of sp³-hybridized carbons (Fsp3) is 0.333. The summed E-state index contributed by atoms with van der Waals surface area (Å²) < 4.78 is 7.58. The summed E-state index contributed by atoms with van der Waals surface area (Å²) in [6.07, 6.45) is 0. The number of fused-ring (bicyclic) bond motifs is 1. The van der Waals surface area contributed by atoms with Gasteiger partial charge in [-0.15, -0.1) is 15.3 Å². The third kappa shape index (κ3) is 1.80. The van der Waals surface area contributed by atoms with Gasteiger partial charge >= 0.3 is 0 Å². The van der Waals surface area contributed by atoms with Crippen LogP contribution in [-0.2, 0) is 7.05 Å². The molecule has 0 amide bonds. The van der Waals surface area contributed by atoms with Crippen LogP contribution in [0.5, 0.6) is 0 Å². The Hall–Kier alpha value is -2.20. The molecular formula is C12H12N8S2. The van der Waals surface area contributed by atoms with Crippen molar-refractivity contribution < 1.29 is 0 Å². The lowest BCUT2D eigenvalue weighted by atomic mass is 10.2. The molecule has 10 heteroatoms. The Morgan fingerprint density at radius 2 is 1.77 bits per heavy atom. The van der Waals surface area contributed by atoms with Gasteiger partial charge in [-0.25, -0.2) is 0 Å². The van der Waals surface area contributed by atoms with Crippen LogP contribution in [0.15, 0.2) is 0 Å². The van der Waals surface area contributed by atoms with Crippen molar-refractivity contribution in [3.63, 3.8) is 0 Å². The van der Waals surface area contributed by atoms with Crippen LogP contribution in [0.1, 0.15) is 17.1 Å².